The fourth-order valence-electron chi connectivity index (χ4n) is 0.747. The third-order valence-corrected chi connectivity index (χ3v) is 1.97. The predicted octanol–water partition coefficient (Wildman–Crippen LogP) is 2.79. The summed E-state index contributed by atoms with van der Waals surface area (Å²) < 4.78 is 37.1. The molecular formula is C7H2BrF3N2. The van der Waals surface area contributed by atoms with Crippen molar-refractivity contribution in [3.63, 3.8) is 0 Å². The van der Waals surface area contributed by atoms with Crippen molar-refractivity contribution in [1.29, 1.82) is 5.26 Å². The molecule has 1 aromatic heterocycles. The van der Waals surface area contributed by atoms with Crippen LogP contribution in [0.25, 0.3) is 0 Å². The van der Waals surface area contributed by atoms with Gasteiger partial charge in [-0.05, 0) is 15.9 Å². The number of hydrogen-bond acceptors (Lipinski definition) is 2. The minimum Gasteiger partial charge on any atom is -0.247 e. The average molecular weight is 251 g/mol. The highest BCUT2D eigenvalue weighted by Gasteiger charge is 2.21. The van der Waals surface area contributed by atoms with Gasteiger partial charge in [0.25, 0.3) is 6.43 Å². The predicted molar refractivity (Wildman–Crippen MR) is 41.6 cm³/mol. The number of halogens is 4. The standard InChI is InChI=1S/C7H2BrF3N2/c8-6-4(7(10)11)5(9)3(1-12)2-13-6/h2,7H. The lowest BCUT2D eigenvalue weighted by molar-refractivity contribution is 0.144. The van der Waals surface area contributed by atoms with E-state index in [4.69, 9.17) is 5.26 Å². The zero-order valence-corrected chi connectivity index (χ0v) is 7.65. The summed E-state index contributed by atoms with van der Waals surface area (Å²) in [5.41, 5.74) is -1.36. The van der Waals surface area contributed by atoms with Crippen LogP contribution in [0.1, 0.15) is 17.6 Å². The van der Waals surface area contributed by atoms with E-state index < -0.39 is 23.4 Å². The van der Waals surface area contributed by atoms with E-state index in [2.05, 4.69) is 20.9 Å². The van der Waals surface area contributed by atoms with Gasteiger partial charge in [-0.25, -0.2) is 18.2 Å². The molecule has 0 atom stereocenters. The second-order valence-electron chi connectivity index (χ2n) is 2.10. The normalized spacial score (nSPS) is 10.2. The number of nitriles is 1. The Balaban J connectivity index is 3.41. The van der Waals surface area contributed by atoms with Crippen LogP contribution in [-0.4, -0.2) is 4.98 Å². The SMILES string of the molecule is N#Cc1cnc(Br)c(C(F)F)c1F. The molecule has 0 fully saturated rings. The molecule has 1 rings (SSSR count). The quantitative estimate of drug-likeness (QED) is 0.719. The molecule has 0 aromatic carbocycles. The van der Waals surface area contributed by atoms with Crippen LogP contribution in [0.4, 0.5) is 13.2 Å². The third-order valence-electron chi connectivity index (χ3n) is 1.34. The van der Waals surface area contributed by atoms with E-state index in [1.54, 1.807) is 0 Å². The van der Waals surface area contributed by atoms with Gasteiger partial charge in [0.05, 0.1) is 5.56 Å². The average Bonchev–Trinajstić information content (AvgIpc) is 2.04. The van der Waals surface area contributed by atoms with Gasteiger partial charge >= 0.3 is 0 Å². The number of hydrogen-bond donors (Lipinski definition) is 0. The van der Waals surface area contributed by atoms with Gasteiger partial charge in [-0.1, -0.05) is 0 Å². The first-order valence-corrected chi connectivity index (χ1v) is 3.89. The molecule has 0 aliphatic rings. The molecular weight excluding hydrogens is 249 g/mol. The zero-order valence-electron chi connectivity index (χ0n) is 6.06. The number of rotatable bonds is 1. The van der Waals surface area contributed by atoms with Gasteiger partial charge < -0.3 is 0 Å². The van der Waals surface area contributed by atoms with E-state index >= 15 is 0 Å². The summed E-state index contributed by atoms with van der Waals surface area (Å²) in [7, 11) is 0. The summed E-state index contributed by atoms with van der Waals surface area (Å²) >= 11 is 2.67. The topological polar surface area (TPSA) is 36.7 Å². The largest absolute Gasteiger partial charge is 0.269 e. The Hall–Kier alpha value is -1.09. The monoisotopic (exact) mass is 250 g/mol. The second-order valence-corrected chi connectivity index (χ2v) is 2.85. The number of alkyl halides is 2. The first kappa shape index (κ1) is 9.99. The maximum atomic E-state index is 13.0. The third kappa shape index (κ3) is 1.80. The van der Waals surface area contributed by atoms with Gasteiger partial charge in [0, 0.05) is 6.20 Å². The smallest absolute Gasteiger partial charge is 0.247 e. The lowest BCUT2D eigenvalue weighted by atomic mass is 10.2. The lowest BCUT2D eigenvalue weighted by Gasteiger charge is -2.04. The molecule has 2 nitrogen and oxygen atoms in total. The van der Waals surface area contributed by atoms with Gasteiger partial charge in [-0.2, -0.15) is 5.26 Å². The van der Waals surface area contributed by atoms with Crippen molar-refractivity contribution < 1.29 is 13.2 Å². The highest BCUT2D eigenvalue weighted by atomic mass is 79.9. The Morgan fingerprint density at radius 3 is 2.62 bits per heavy atom. The number of nitrogens with zero attached hydrogens (tertiary/aromatic N) is 2. The van der Waals surface area contributed by atoms with Crippen LogP contribution >= 0.6 is 15.9 Å². The molecule has 13 heavy (non-hydrogen) atoms. The van der Waals surface area contributed by atoms with Crippen LogP contribution < -0.4 is 0 Å². The molecule has 1 heterocycles. The van der Waals surface area contributed by atoms with Gasteiger partial charge in [0.15, 0.2) is 5.82 Å². The van der Waals surface area contributed by atoms with Crippen LogP contribution in [0, 0.1) is 17.1 Å². The summed E-state index contributed by atoms with van der Waals surface area (Å²) in [6.07, 6.45) is -2.10. The maximum Gasteiger partial charge on any atom is 0.269 e. The van der Waals surface area contributed by atoms with Crippen molar-refractivity contribution in [3.05, 3.63) is 27.7 Å². The minimum atomic E-state index is -2.99. The van der Waals surface area contributed by atoms with E-state index in [0.717, 1.165) is 6.20 Å². The van der Waals surface area contributed by atoms with E-state index in [0.29, 0.717) is 0 Å². The Morgan fingerprint density at radius 2 is 2.15 bits per heavy atom. The number of pyridine rings is 1. The van der Waals surface area contributed by atoms with Crippen LogP contribution in [0.2, 0.25) is 0 Å². The first-order chi connectivity index (χ1) is 6.07. The fourth-order valence-corrected chi connectivity index (χ4v) is 1.20. The van der Waals surface area contributed by atoms with Gasteiger partial charge in [-0.15, -0.1) is 0 Å². The van der Waals surface area contributed by atoms with Crippen LogP contribution in [-0.2, 0) is 0 Å². The Bertz CT molecular complexity index is 373. The highest BCUT2D eigenvalue weighted by Crippen LogP contribution is 2.29. The summed E-state index contributed by atoms with van der Waals surface area (Å²) in [5, 5.41) is 8.33. The van der Waals surface area contributed by atoms with Gasteiger partial charge in [0.1, 0.15) is 16.2 Å². The lowest BCUT2D eigenvalue weighted by Crippen LogP contribution is -1.98. The Labute approximate surface area is 80.1 Å². The molecule has 0 saturated heterocycles. The molecule has 0 saturated carbocycles. The number of aromatic nitrogens is 1. The molecule has 0 unspecified atom stereocenters. The van der Waals surface area contributed by atoms with Gasteiger partial charge in [-0.3, -0.25) is 0 Å². The summed E-state index contributed by atoms with van der Waals surface area (Å²) in [5.74, 6) is -1.22. The summed E-state index contributed by atoms with van der Waals surface area (Å²) in [6, 6.07) is 1.43. The van der Waals surface area contributed by atoms with Crippen LogP contribution in [0.15, 0.2) is 10.8 Å². The minimum absolute atomic E-state index is 0.279. The zero-order chi connectivity index (χ0) is 10.0. The molecule has 0 N–H and O–H groups in total. The van der Waals surface area contributed by atoms with Crippen molar-refractivity contribution in [2.24, 2.45) is 0 Å². The summed E-state index contributed by atoms with van der Waals surface area (Å²) in [4.78, 5) is 3.41. The van der Waals surface area contributed by atoms with Crippen LogP contribution in [0.3, 0.4) is 0 Å². The molecule has 0 aliphatic carbocycles. The Kier molecular flexibility index (Phi) is 2.88. The van der Waals surface area contributed by atoms with E-state index in [-0.39, 0.29) is 4.60 Å². The van der Waals surface area contributed by atoms with Crippen molar-refractivity contribution >= 4 is 15.9 Å². The van der Waals surface area contributed by atoms with Gasteiger partial charge in [0.2, 0.25) is 0 Å². The van der Waals surface area contributed by atoms with E-state index in [9.17, 15) is 13.2 Å². The Morgan fingerprint density at radius 1 is 1.54 bits per heavy atom. The first-order valence-electron chi connectivity index (χ1n) is 3.10. The van der Waals surface area contributed by atoms with E-state index in [1.165, 1.54) is 6.07 Å². The molecule has 0 radical (unpaired) electrons. The molecule has 6 heteroatoms. The van der Waals surface area contributed by atoms with Crippen molar-refractivity contribution in [1.82, 2.24) is 4.98 Å². The van der Waals surface area contributed by atoms with Crippen molar-refractivity contribution in [3.8, 4) is 6.07 Å². The fraction of sp³-hybridized carbons (Fsp3) is 0.143. The molecule has 0 amide bonds. The molecule has 68 valence electrons. The van der Waals surface area contributed by atoms with Crippen LogP contribution in [0.5, 0.6) is 0 Å². The molecule has 1 aromatic rings. The van der Waals surface area contributed by atoms with Crippen molar-refractivity contribution in [2.45, 2.75) is 6.43 Å². The maximum absolute atomic E-state index is 13.0. The molecule has 0 bridgehead atoms. The van der Waals surface area contributed by atoms with Crippen molar-refractivity contribution in [2.75, 3.05) is 0 Å². The second kappa shape index (κ2) is 3.75. The molecule has 0 aliphatic heterocycles. The van der Waals surface area contributed by atoms with E-state index in [1.807, 2.05) is 0 Å². The highest BCUT2D eigenvalue weighted by molar-refractivity contribution is 9.10. The molecule has 0 spiro atoms. The summed E-state index contributed by atoms with van der Waals surface area (Å²) in [6.45, 7) is 0.